The van der Waals surface area contributed by atoms with E-state index < -0.39 is 0 Å². The maximum absolute atomic E-state index is 12.2. The lowest BCUT2D eigenvalue weighted by Gasteiger charge is -2.05. The van der Waals surface area contributed by atoms with Crippen LogP contribution in [0, 0.1) is 13.8 Å². The Morgan fingerprint density at radius 2 is 1.96 bits per heavy atom. The van der Waals surface area contributed by atoms with Crippen LogP contribution in [0.1, 0.15) is 24.0 Å². The van der Waals surface area contributed by atoms with Crippen molar-refractivity contribution in [1.82, 2.24) is 4.98 Å². The maximum atomic E-state index is 12.2. The molecule has 28 heavy (non-hydrogen) atoms. The molecule has 0 unspecified atom stereocenters. The largest absolute Gasteiger partial charge is 0.496 e. The van der Waals surface area contributed by atoms with Crippen LogP contribution in [-0.4, -0.2) is 23.8 Å². The third kappa shape index (κ3) is 5.59. The minimum atomic E-state index is 0.0105. The van der Waals surface area contributed by atoms with Gasteiger partial charge in [-0.15, -0.1) is 23.1 Å². The molecule has 0 radical (unpaired) electrons. The number of thioether (sulfide) groups is 1. The van der Waals surface area contributed by atoms with Gasteiger partial charge in [-0.05, 0) is 61.9 Å². The highest BCUT2D eigenvalue weighted by Gasteiger charge is 2.09. The first-order chi connectivity index (χ1) is 13.5. The first-order valence-corrected chi connectivity index (χ1v) is 11.0. The molecule has 6 heteroatoms. The molecule has 4 nitrogen and oxygen atoms in total. The number of hydrogen-bond acceptors (Lipinski definition) is 5. The normalized spacial score (nSPS) is 10.7. The highest BCUT2D eigenvalue weighted by molar-refractivity contribution is 7.99. The standard InChI is InChI=1S/C22H24N2O2S2/c1-15-6-9-18(10-7-15)27-12-4-5-21(25)24-22-23-19(14-28-22)17-8-11-20(26-3)16(2)13-17/h6-11,13-14H,4-5,12H2,1-3H3,(H,23,24,25). The summed E-state index contributed by atoms with van der Waals surface area (Å²) in [6, 6.07) is 14.4. The monoisotopic (exact) mass is 412 g/mol. The number of amides is 1. The molecule has 0 fully saturated rings. The number of carbonyl (C=O) groups excluding carboxylic acids is 1. The summed E-state index contributed by atoms with van der Waals surface area (Å²) in [6.45, 7) is 4.09. The van der Waals surface area contributed by atoms with Gasteiger partial charge in [-0.2, -0.15) is 0 Å². The van der Waals surface area contributed by atoms with Crippen molar-refractivity contribution in [2.45, 2.75) is 31.6 Å². The van der Waals surface area contributed by atoms with E-state index >= 15 is 0 Å². The molecule has 3 aromatic rings. The zero-order chi connectivity index (χ0) is 19.9. The minimum Gasteiger partial charge on any atom is -0.496 e. The van der Waals surface area contributed by atoms with Crippen molar-refractivity contribution in [2.24, 2.45) is 0 Å². The van der Waals surface area contributed by atoms with E-state index in [-0.39, 0.29) is 5.91 Å². The van der Waals surface area contributed by atoms with Gasteiger partial charge in [0.2, 0.25) is 5.91 Å². The number of thiazole rings is 1. The van der Waals surface area contributed by atoms with Gasteiger partial charge in [-0.25, -0.2) is 4.98 Å². The molecule has 0 aliphatic carbocycles. The summed E-state index contributed by atoms with van der Waals surface area (Å²) in [5, 5.41) is 5.51. The van der Waals surface area contributed by atoms with E-state index in [0.717, 1.165) is 34.7 Å². The quantitative estimate of drug-likeness (QED) is 0.367. The van der Waals surface area contributed by atoms with Gasteiger partial charge in [0.25, 0.3) is 0 Å². The lowest BCUT2D eigenvalue weighted by molar-refractivity contribution is -0.116. The van der Waals surface area contributed by atoms with Crippen LogP contribution in [0.5, 0.6) is 5.75 Å². The summed E-state index contributed by atoms with van der Waals surface area (Å²) in [7, 11) is 1.66. The number of nitrogens with zero attached hydrogens (tertiary/aromatic N) is 1. The number of nitrogens with one attached hydrogen (secondary N) is 1. The van der Waals surface area contributed by atoms with Crippen LogP contribution in [0.4, 0.5) is 5.13 Å². The molecule has 3 rings (SSSR count). The fourth-order valence-corrected chi connectivity index (χ4v) is 4.33. The third-order valence-corrected chi connectivity index (χ3v) is 6.14. The van der Waals surface area contributed by atoms with Crippen LogP contribution < -0.4 is 10.1 Å². The molecule has 0 aliphatic heterocycles. The number of carbonyl (C=O) groups is 1. The van der Waals surface area contributed by atoms with Crippen molar-refractivity contribution < 1.29 is 9.53 Å². The molecule has 146 valence electrons. The van der Waals surface area contributed by atoms with Crippen molar-refractivity contribution in [3.05, 3.63) is 59.0 Å². The van der Waals surface area contributed by atoms with E-state index in [1.54, 1.807) is 18.9 Å². The van der Waals surface area contributed by atoms with Crippen LogP contribution in [-0.2, 0) is 4.79 Å². The third-order valence-electron chi connectivity index (χ3n) is 4.28. The lowest BCUT2D eigenvalue weighted by Crippen LogP contribution is -2.11. The average molecular weight is 413 g/mol. The smallest absolute Gasteiger partial charge is 0.226 e. The molecule has 0 bridgehead atoms. The molecule has 0 atom stereocenters. The summed E-state index contributed by atoms with van der Waals surface area (Å²) in [4.78, 5) is 18.0. The van der Waals surface area contributed by atoms with Crippen molar-refractivity contribution in [1.29, 1.82) is 0 Å². The molecule has 0 saturated heterocycles. The zero-order valence-electron chi connectivity index (χ0n) is 16.3. The average Bonchev–Trinajstić information content (AvgIpc) is 3.15. The second-order valence-electron chi connectivity index (χ2n) is 6.54. The molecule has 0 saturated carbocycles. The van der Waals surface area contributed by atoms with Gasteiger partial charge < -0.3 is 10.1 Å². The Kier molecular flexibility index (Phi) is 7.12. The predicted octanol–water partition coefficient (Wildman–Crippen LogP) is 5.95. The number of anilines is 1. The second kappa shape index (κ2) is 9.75. The summed E-state index contributed by atoms with van der Waals surface area (Å²) in [6.07, 6.45) is 1.33. The Bertz CT molecular complexity index is 936. The van der Waals surface area contributed by atoms with Crippen LogP contribution in [0.3, 0.4) is 0 Å². The SMILES string of the molecule is COc1ccc(-c2csc(NC(=O)CCCSc3ccc(C)cc3)n2)cc1C. The Labute approximate surface area is 174 Å². The first kappa shape index (κ1) is 20.4. The van der Waals surface area contributed by atoms with E-state index in [1.807, 2.05) is 30.5 Å². The van der Waals surface area contributed by atoms with Crippen LogP contribution in [0.15, 0.2) is 52.7 Å². The Morgan fingerprint density at radius 1 is 1.18 bits per heavy atom. The fraction of sp³-hybridized carbons (Fsp3) is 0.273. The first-order valence-electron chi connectivity index (χ1n) is 9.15. The summed E-state index contributed by atoms with van der Waals surface area (Å²) in [5.74, 6) is 1.79. The fourth-order valence-electron chi connectivity index (χ4n) is 2.74. The number of ether oxygens (including phenoxy) is 1. The molecule has 1 amide bonds. The molecular weight excluding hydrogens is 388 g/mol. The topological polar surface area (TPSA) is 51.2 Å². The number of methoxy groups -OCH3 is 1. The van der Waals surface area contributed by atoms with Gasteiger partial charge in [0.15, 0.2) is 5.13 Å². The van der Waals surface area contributed by atoms with Gasteiger partial charge in [0.05, 0.1) is 12.8 Å². The minimum absolute atomic E-state index is 0.0105. The highest BCUT2D eigenvalue weighted by Crippen LogP contribution is 2.29. The van der Waals surface area contributed by atoms with Crippen molar-refractivity contribution in [2.75, 3.05) is 18.2 Å². The van der Waals surface area contributed by atoms with Crippen LogP contribution >= 0.6 is 23.1 Å². The molecule has 0 aliphatic rings. The van der Waals surface area contributed by atoms with Crippen LogP contribution in [0.25, 0.3) is 11.3 Å². The van der Waals surface area contributed by atoms with E-state index in [0.29, 0.717) is 11.6 Å². The molecule has 2 aromatic carbocycles. The second-order valence-corrected chi connectivity index (χ2v) is 8.56. The van der Waals surface area contributed by atoms with E-state index in [9.17, 15) is 4.79 Å². The summed E-state index contributed by atoms with van der Waals surface area (Å²) in [5.41, 5.74) is 4.20. The molecule has 1 N–H and O–H groups in total. The van der Waals surface area contributed by atoms with Gasteiger partial charge in [0.1, 0.15) is 5.75 Å². The number of hydrogen-bond donors (Lipinski definition) is 1. The summed E-state index contributed by atoms with van der Waals surface area (Å²) >= 11 is 3.23. The molecular formula is C22H24N2O2S2. The van der Waals surface area contributed by atoms with Crippen molar-refractivity contribution in [3.8, 4) is 17.0 Å². The highest BCUT2D eigenvalue weighted by atomic mass is 32.2. The molecule has 1 heterocycles. The zero-order valence-corrected chi connectivity index (χ0v) is 18.0. The number of aromatic nitrogens is 1. The van der Waals surface area contributed by atoms with E-state index in [1.165, 1.54) is 21.8 Å². The summed E-state index contributed by atoms with van der Waals surface area (Å²) < 4.78 is 5.30. The number of benzene rings is 2. The van der Waals surface area contributed by atoms with Gasteiger partial charge in [-0.1, -0.05) is 17.7 Å². The molecule has 0 spiro atoms. The Morgan fingerprint density at radius 3 is 2.68 bits per heavy atom. The van der Waals surface area contributed by atoms with E-state index in [2.05, 4.69) is 41.5 Å². The van der Waals surface area contributed by atoms with E-state index in [4.69, 9.17) is 4.74 Å². The van der Waals surface area contributed by atoms with Crippen molar-refractivity contribution >= 4 is 34.1 Å². The van der Waals surface area contributed by atoms with Gasteiger partial charge in [0, 0.05) is 22.3 Å². The maximum Gasteiger partial charge on any atom is 0.226 e. The Hall–Kier alpha value is -2.31. The number of aryl methyl sites for hydroxylation is 2. The van der Waals surface area contributed by atoms with Crippen LogP contribution in [0.2, 0.25) is 0 Å². The van der Waals surface area contributed by atoms with Gasteiger partial charge in [-0.3, -0.25) is 4.79 Å². The Balaban J connectivity index is 1.47. The van der Waals surface area contributed by atoms with Gasteiger partial charge >= 0.3 is 0 Å². The lowest BCUT2D eigenvalue weighted by atomic mass is 10.1. The molecule has 1 aromatic heterocycles. The van der Waals surface area contributed by atoms with Crippen molar-refractivity contribution in [3.63, 3.8) is 0 Å². The number of rotatable bonds is 8. The predicted molar refractivity (Wildman–Crippen MR) is 119 cm³/mol.